The molecular formula is C23H20N2O3. The molecule has 0 fully saturated rings. The van der Waals surface area contributed by atoms with E-state index in [-0.39, 0.29) is 5.75 Å². The molecule has 0 bridgehead atoms. The SMILES string of the molecule is COc1cccc(-c2nc(-c3ccccc3O)[nH]c2-c2cccc(OC)c2)c1. The summed E-state index contributed by atoms with van der Waals surface area (Å²) < 4.78 is 10.7. The molecule has 5 heteroatoms. The fourth-order valence-electron chi connectivity index (χ4n) is 3.14. The maximum Gasteiger partial charge on any atom is 0.142 e. The third-order valence-corrected chi connectivity index (χ3v) is 4.56. The van der Waals surface area contributed by atoms with Gasteiger partial charge in [-0.3, -0.25) is 0 Å². The Bertz CT molecular complexity index is 1050. The molecule has 0 aliphatic heterocycles. The summed E-state index contributed by atoms with van der Waals surface area (Å²) in [6.45, 7) is 0. The number of aromatic nitrogens is 2. The number of ether oxygens (including phenoxy) is 2. The minimum Gasteiger partial charge on any atom is -0.507 e. The molecule has 28 heavy (non-hydrogen) atoms. The predicted molar refractivity (Wildman–Crippen MR) is 110 cm³/mol. The third-order valence-electron chi connectivity index (χ3n) is 4.56. The van der Waals surface area contributed by atoms with Crippen LogP contribution in [0.1, 0.15) is 0 Å². The first kappa shape index (κ1) is 17.7. The molecule has 1 heterocycles. The number of hydrogen-bond acceptors (Lipinski definition) is 4. The van der Waals surface area contributed by atoms with E-state index in [1.54, 1.807) is 26.4 Å². The number of H-pyrrole nitrogens is 1. The van der Waals surface area contributed by atoms with Crippen molar-refractivity contribution < 1.29 is 14.6 Å². The predicted octanol–water partition coefficient (Wildman–Crippen LogP) is 5.13. The number of aromatic hydroxyl groups is 1. The number of phenolic OH excluding ortho intramolecular Hbond substituents is 1. The van der Waals surface area contributed by atoms with Crippen LogP contribution in [0.15, 0.2) is 72.8 Å². The molecule has 3 aromatic carbocycles. The van der Waals surface area contributed by atoms with Crippen LogP contribution in [0.4, 0.5) is 0 Å². The lowest BCUT2D eigenvalue weighted by Gasteiger charge is -2.07. The Hall–Kier alpha value is -3.73. The zero-order valence-corrected chi connectivity index (χ0v) is 15.6. The summed E-state index contributed by atoms with van der Waals surface area (Å²) in [5.41, 5.74) is 4.10. The fourth-order valence-corrected chi connectivity index (χ4v) is 3.14. The van der Waals surface area contributed by atoms with E-state index in [0.29, 0.717) is 11.4 Å². The summed E-state index contributed by atoms with van der Waals surface area (Å²) in [4.78, 5) is 8.18. The second kappa shape index (κ2) is 7.48. The number of hydrogen-bond donors (Lipinski definition) is 2. The number of benzene rings is 3. The first-order chi connectivity index (χ1) is 13.7. The van der Waals surface area contributed by atoms with Crippen molar-refractivity contribution in [2.75, 3.05) is 14.2 Å². The maximum atomic E-state index is 10.3. The second-order valence-electron chi connectivity index (χ2n) is 6.29. The topological polar surface area (TPSA) is 67.4 Å². The van der Waals surface area contributed by atoms with Crippen LogP contribution in [0.25, 0.3) is 33.9 Å². The van der Waals surface area contributed by atoms with E-state index in [4.69, 9.17) is 14.5 Å². The lowest BCUT2D eigenvalue weighted by atomic mass is 10.0. The molecule has 0 spiro atoms. The van der Waals surface area contributed by atoms with E-state index in [9.17, 15) is 5.11 Å². The van der Waals surface area contributed by atoms with Crippen LogP contribution < -0.4 is 9.47 Å². The summed E-state index contributed by atoms with van der Waals surface area (Å²) >= 11 is 0. The van der Waals surface area contributed by atoms with Gasteiger partial charge in [0.2, 0.25) is 0 Å². The van der Waals surface area contributed by atoms with Gasteiger partial charge < -0.3 is 19.6 Å². The first-order valence-electron chi connectivity index (χ1n) is 8.87. The van der Waals surface area contributed by atoms with E-state index >= 15 is 0 Å². The number of nitrogens with zero attached hydrogens (tertiary/aromatic N) is 1. The molecule has 0 saturated heterocycles. The normalized spacial score (nSPS) is 10.6. The van der Waals surface area contributed by atoms with E-state index in [1.165, 1.54) is 0 Å². The quantitative estimate of drug-likeness (QED) is 0.509. The van der Waals surface area contributed by atoms with E-state index in [1.807, 2.05) is 60.7 Å². The Balaban J connectivity index is 1.93. The van der Waals surface area contributed by atoms with Crippen molar-refractivity contribution in [1.82, 2.24) is 9.97 Å². The monoisotopic (exact) mass is 372 g/mol. The largest absolute Gasteiger partial charge is 0.507 e. The Morgan fingerprint density at radius 3 is 2.11 bits per heavy atom. The van der Waals surface area contributed by atoms with Gasteiger partial charge in [-0.25, -0.2) is 4.98 Å². The number of rotatable bonds is 5. The van der Waals surface area contributed by atoms with Crippen molar-refractivity contribution in [2.24, 2.45) is 0 Å². The van der Waals surface area contributed by atoms with Crippen molar-refractivity contribution in [3.05, 3.63) is 72.8 Å². The van der Waals surface area contributed by atoms with E-state index in [0.717, 1.165) is 34.0 Å². The molecule has 0 atom stereocenters. The number of para-hydroxylation sites is 1. The molecule has 0 aliphatic carbocycles. The summed E-state index contributed by atoms with van der Waals surface area (Å²) in [6, 6.07) is 22.7. The Kier molecular flexibility index (Phi) is 4.72. The summed E-state index contributed by atoms with van der Waals surface area (Å²) in [5, 5.41) is 10.3. The maximum absolute atomic E-state index is 10.3. The lowest BCUT2D eigenvalue weighted by molar-refractivity contribution is 0.415. The fraction of sp³-hybridized carbons (Fsp3) is 0.0870. The Labute approximate surface area is 163 Å². The van der Waals surface area contributed by atoms with E-state index < -0.39 is 0 Å². The molecule has 2 N–H and O–H groups in total. The molecule has 0 aliphatic rings. The zero-order chi connectivity index (χ0) is 19.5. The van der Waals surface area contributed by atoms with Gasteiger partial charge in [0, 0.05) is 11.1 Å². The van der Waals surface area contributed by atoms with Crippen molar-refractivity contribution in [3.63, 3.8) is 0 Å². The standard InChI is InChI=1S/C23H20N2O3/c1-27-17-9-5-7-15(13-17)21-22(16-8-6-10-18(14-16)28-2)25-23(24-21)19-11-3-4-12-20(19)26/h3-14,26H,1-2H3,(H,24,25). The van der Waals surface area contributed by atoms with Gasteiger partial charge in [-0.05, 0) is 36.4 Å². The van der Waals surface area contributed by atoms with Gasteiger partial charge in [-0.2, -0.15) is 0 Å². The molecule has 140 valence electrons. The highest BCUT2D eigenvalue weighted by atomic mass is 16.5. The number of aromatic amines is 1. The minimum atomic E-state index is 0.172. The van der Waals surface area contributed by atoms with Crippen molar-refractivity contribution >= 4 is 0 Å². The molecule has 4 aromatic rings. The van der Waals surface area contributed by atoms with Crippen LogP contribution in [0.3, 0.4) is 0 Å². The molecule has 0 radical (unpaired) electrons. The number of nitrogens with one attached hydrogen (secondary N) is 1. The molecule has 4 rings (SSSR count). The van der Waals surface area contributed by atoms with Crippen LogP contribution in [-0.2, 0) is 0 Å². The first-order valence-corrected chi connectivity index (χ1v) is 8.87. The van der Waals surface area contributed by atoms with Gasteiger partial charge >= 0.3 is 0 Å². The number of imidazole rings is 1. The molecule has 5 nitrogen and oxygen atoms in total. The summed E-state index contributed by atoms with van der Waals surface area (Å²) in [7, 11) is 3.28. The molecular weight excluding hydrogens is 352 g/mol. The second-order valence-corrected chi connectivity index (χ2v) is 6.29. The number of phenols is 1. The summed E-state index contributed by atoms with van der Waals surface area (Å²) in [6.07, 6.45) is 0. The van der Waals surface area contributed by atoms with Gasteiger partial charge in [0.05, 0.1) is 31.2 Å². The Morgan fingerprint density at radius 1 is 0.786 bits per heavy atom. The van der Waals surface area contributed by atoms with Crippen molar-refractivity contribution in [2.45, 2.75) is 0 Å². The van der Waals surface area contributed by atoms with Crippen LogP contribution in [-0.4, -0.2) is 29.3 Å². The molecule has 0 saturated carbocycles. The summed E-state index contributed by atoms with van der Waals surface area (Å²) in [5.74, 6) is 2.27. The van der Waals surface area contributed by atoms with E-state index in [2.05, 4.69) is 4.98 Å². The molecule has 1 aromatic heterocycles. The van der Waals surface area contributed by atoms with Gasteiger partial charge in [0.15, 0.2) is 0 Å². The van der Waals surface area contributed by atoms with Crippen LogP contribution in [0, 0.1) is 0 Å². The van der Waals surface area contributed by atoms with Crippen molar-refractivity contribution in [1.29, 1.82) is 0 Å². The van der Waals surface area contributed by atoms with Crippen molar-refractivity contribution in [3.8, 4) is 51.2 Å². The van der Waals surface area contributed by atoms with Gasteiger partial charge in [0.25, 0.3) is 0 Å². The Morgan fingerprint density at radius 2 is 1.43 bits per heavy atom. The van der Waals surface area contributed by atoms with Gasteiger partial charge in [-0.15, -0.1) is 0 Å². The number of methoxy groups -OCH3 is 2. The molecule has 0 amide bonds. The highest BCUT2D eigenvalue weighted by Crippen LogP contribution is 2.37. The highest BCUT2D eigenvalue weighted by molar-refractivity contribution is 5.82. The smallest absolute Gasteiger partial charge is 0.142 e. The minimum absolute atomic E-state index is 0.172. The van der Waals surface area contributed by atoms with Crippen LogP contribution in [0.5, 0.6) is 17.2 Å². The average Bonchev–Trinajstić information content (AvgIpc) is 3.19. The lowest BCUT2D eigenvalue weighted by Crippen LogP contribution is -1.88. The van der Waals surface area contributed by atoms with Gasteiger partial charge in [-0.1, -0.05) is 36.4 Å². The third kappa shape index (κ3) is 3.30. The zero-order valence-electron chi connectivity index (χ0n) is 15.6. The van der Waals surface area contributed by atoms with Crippen LogP contribution >= 0.6 is 0 Å². The average molecular weight is 372 g/mol. The van der Waals surface area contributed by atoms with Crippen LogP contribution in [0.2, 0.25) is 0 Å². The highest BCUT2D eigenvalue weighted by Gasteiger charge is 2.17. The molecule has 0 unspecified atom stereocenters. The van der Waals surface area contributed by atoms with Gasteiger partial charge in [0.1, 0.15) is 23.1 Å².